The van der Waals surface area contributed by atoms with Gasteiger partial charge in [-0.05, 0) is 23.1 Å². The molecule has 0 spiro atoms. The number of allylic oxidation sites excluding steroid dienone is 1. The second-order valence-electron chi connectivity index (χ2n) is 5.56. The Bertz CT molecular complexity index is 830. The Morgan fingerprint density at radius 3 is 2.73 bits per heavy atom. The maximum absolute atomic E-state index is 12.4. The van der Waals surface area contributed by atoms with Gasteiger partial charge < -0.3 is 15.5 Å². The van der Waals surface area contributed by atoms with Crippen LogP contribution in [-0.4, -0.2) is 56.0 Å². The summed E-state index contributed by atoms with van der Waals surface area (Å²) in [4.78, 5) is 48.7. The fourth-order valence-electron chi connectivity index (χ4n) is 2.74. The van der Waals surface area contributed by atoms with E-state index in [0.717, 1.165) is 15.9 Å². The number of amides is 2. The standard InChI is InChI=1S/C16H14N2O6S2/c19-10(6-9-2-1-5-25-9)17-12-14(22)18-13(16(23)24)8(3-4-11(20)21)7-26-15(12)18/h1-5,12,15H,6-7H2,(H,17,19)(H,20,21)(H,23,24)/b4-3+. The minimum Gasteiger partial charge on any atom is -0.478 e. The second kappa shape index (κ2) is 7.34. The number of nitrogens with one attached hydrogen (secondary N) is 1. The Labute approximate surface area is 156 Å². The van der Waals surface area contributed by atoms with Gasteiger partial charge in [0, 0.05) is 16.7 Å². The third-order valence-electron chi connectivity index (χ3n) is 3.86. The van der Waals surface area contributed by atoms with Crippen molar-refractivity contribution in [1.29, 1.82) is 0 Å². The highest BCUT2D eigenvalue weighted by atomic mass is 32.2. The van der Waals surface area contributed by atoms with E-state index in [9.17, 15) is 24.3 Å². The van der Waals surface area contributed by atoms with Gasteiger partial charge in [0.15, 0.2) is 0 Å². The van der Waals surface area contributed by atoms with Crippen molar-refractivity contribution >= 4 is 46.9 Å². The molecule has 8 nitrogen and oxygen atoms in total. The van der Waals surface area contributed by atoms with Crippen LogP contribution in [0.4, 0.5) is 0 Å². The molecule has 0 bridgehead atoms. The summed E-state index contributed by atoms with van der Waals surface area (Å²) in [6.45, 7) is 0. The number of thiophene rings is 1. The number of hydrogen-bond acceptors (Lipinski definition) is 6. The minimum absolute atomic E-state index is 0.160. The van der Waals surface area contributed by atoms with Crippen LogP contribution in [-0.2, 0) is 25.6 Å². The summed E-state index contributed by atoms with van der Waals surface area (Å²) in [7, 11) is 0. The molecule has 0 radical (unpaired) electrons. The van der Waals surface area contributed by atoms with Crippen LogP contribution < -0.4 is 5.32 Å². The highest BCUT2D eigenvalue weighted by Gasteiger charge is 2.53. The zero-order valence-corrected chi connectivity index (χ0v) is 14.9. The van der Waals surface area contributed by atoms with Crippen LogP contribution in [0, 0.1) is 0 Å². The lowest BCUT2D eigenvalue weighted by Gasteiger charge is -2.49. The Hall–Kier alpha value is -2.59. The highest BCUT2D eigenvalue weighted by molar-refractivity contribution is 8.00. The van der Waals surface area contributed by atoms with Gasteiger partial charge in [-0.3, -0.25) is 14.5 Å². The number of thioether (sulfide) groups is 1. The number of nitrogens with zero attached hydrogens (tertiary/aromatic N) is 1. The monoisotopic (exact) mass is 394 g/mol. The summed E-state index contributed by atoms with van der Waals surface area (Å²) >= 11 is 2.72. The predicted molar refractivity (Wildman–Crippen MR) is 94.5 cm³/mol. The van der Waals surface area contributed by atoms with Crippen LogP contribution in [0.5, 0.6) is 0 Å². The van der Waals surface area contributed by atoms with E-state index in [1.165, 1.54) is 29.2 Å². The van der Waals surface area contributed by atoms with E-state index < -0.39 is 29.3 Å². The first-order valence-electron chi connectivity index (χ1n) is 7.52. The van der Waals surface area contributed by atoms with Crippen LogP contribution in [0.3, 0.4) is 0 Å². The van der Waals surface area contributed by atoms with Gasteiger partial charge in [0.1, 0.15) is 17.1 Å². The Morgan fingerprint density at radius 1 is 1.35 bits per heavy atom. The molecule has 136 valence electrons. The van der Waals surface area contributed by atoms with Gasteiger partial charge in [-0.25, -0.2) is 9.59 Å². The van der Waals surface area contributed by atoms with Crippen molar-refractivity contribution in [2.45, 2.75) is 17.8 Å². The lowest BCUT2D eigenvalue weighted by molar-refractivity contribution is -0.150. The molecule has 0 saturated carbocycles. The van der Waals surface area contributed by atoms with Crippen molar-refractivity contribution < 1.29 is 29.4 Å². The number of carboxylic acid groups (broad SMARTS) is 2. The lowest BCUT2D eigenvalue weighted by Crippen LogP contribution is -2.70. The summed E-state index contributed by atoms with van der Waals surface area (Å²) in [6, 6.07) is 2.86. The summed E-state index contributed by atoms with van der Waals surface area (Å²) in [6.07, 6.45) is 2.18. The molecule has 26 heavy (non-hydrogen) atoms. The first-order valence-corrected chi connectivity index (χ1v) is 9.45. The molecule has 1 fully saturated rings. The number of aliphatic carboxylic acids is 2. The van der Waals surface area contributed by atoms with Crippen LogP contribution in [0.15, 0.2) is 40.9 Å². The topological polar surface area (TPSA) is 124 Å². The third-order valence-corrected chi connectivity index (χ3v) is 6.04. The van der Waals surface area contributed by atoms with Crippen molar-refractivity contribution in [3.8, 4) is 0 Å². The molecular weight excluding hydrogens is 380 g/mol. The molecule has 0 aliphatic carbocycles. The summed E-state index contributed by atoms with van der Waals surface area (Å²) in [5.74, 6) is -3.10. The molecule has 2 unspecified atom stereocenters. The largest absolute Gasteiger partial charge is 0.478 e. The number of hydrogen-bond donors (Lipinski definition) is 3. The summed E-state index contributed by atoms with van der Waals surface area (Å²) in [5, 5.41) is 22.1. The maximum atomic E-state index is 12.4. The van der Waals surface area contributed by atoms with Gasteiger partial charge in [-0.15, -0.1) is 23.1 Å². The zero-order valence-electron chi connectivity index (χ0n) is 13.2. The minimum atomic E-state index is -1.31. The lowest BCUT2D eigenvalue weighted by atomic mass is 10.0. The van der Waals surface area contributed by atoms with Crippen molar-refractivity contribution in [2.75, 3.05) is 5.75 Å². The van der Waals surface area contributed by atoms with E-state index in [2.05, 4.69) is 5.32 Å². The fourth-order valence-corrected chi connectivity index (χ4v) is 4.76. The van der Waals surface area contributed by atoms with E-state index >= 15 is 0 Å². The highest BCUT2D eigenvalue weighted by Crippen LogP contribution is 2.40. The molecule has 2 atom stereocenters. The molecule has 1 aromatic rings. The van der Waals surface area contributed by atoms with Crippen molar-refractivity contribution in [3.05, 3.63) is 45.8 Å². The van der Waals surface area contributed by atoms with Crippen LogP contribution >= 0.6 is 23.1 Å². The molecule has 1 saturated heterocycles. The summed E-state index contributed by atoms with van der Waals surface area (Å²) in [5.41, 5.74) is 0.0119. The van der Waals surface area contributed by atoms with E-state index in [0.29, 0.717) is 0 Å². The zero-order chi connectivity index (χ0) is 18.8. The van der Waals surface area contributed by atoms with E-state index in [1.54, 1.807) is 0 Å². The molecule has 0 aromatic carbocycles. The molecular formula is C16H14N2O6S2. The van der Waals surface area contributed by atoms with Crippen molar-refractivity contribution in [1.82, 2.24) is 10.2 Å². The average molecular weight is 394 g/mol. The predicted octanol–water partition coefficient (Wildman–Crippen LogP) is 0.670. The third kappa shape index (κ3) is 3.51. The van der Waals surface area contributed by atoms with Gasteiger partial charge in [0.2, 0.25) is 5.91 Å². The van der Waals surface area contributed by atoms with Crippen LogP contribution in [0.25, 0.3) is 0 Å². The van der Waals surface area contributed by atoms with E-state index in [-0.39, 0.29) is 29.4 Å². The maximum Gasteiger partial charge on any atom is 0.352 e. The Kier molecular flexibility index (Phi) is 5.14. The van der Waals surface area contributed by atoms with E-state index in [1.807, 2.05) is 17.5 Å². The fraction of sp³-hybridized carbons (Fsp3) is 0.250. The number of β-lactam (4-membered cyclic amide) rings is 1. The molecule has 1 aromatic heterocycles. The number of carboxylic acids is 2. The second-order valence-corrected chi connectivity index (χ2v) is 7.70. The molecule has 10 heteroatoms. The van der Waals surface area contributed by atoms with Gasteiger partial charge in [-0.2, -0.15) is 0 Å². The Balaban J connectivity index is 1.73. The quantitative estimate of drug-likeness (QED) is 0.478. The molecule has 2 aliphatic rings. The Morgan fingerprint density at radius 2 is 2.12 bits per heavy atom. The number of carbonyl (C=O) groups excluding carboxylic acids is 2. The summed E-state index contributed by atoms with van der Waals surface area (Å²) < 4.78 is 0. The van der Waals surface area contributed by atoms with E-state index in [4.69, 9.17) is 5.11 Å². The first-order chi connectivity index (χ1) is 12.4. The van der Waals surface area contributed by atoms with Gasteiger partial charge in [-0.1, -0.05) is 6.07 Å². The van der Waals surface area contributed by atoms with Gasteiger partial charge in [0.25, 0.3) is 5.91 Å². The molecule has 3 heterocycles. The van der Waals surface area contributed by atoms with Crippen molar-refractivity contribution in [3.63, 3.8) is 0 Å². The first kappa shape index (κ1) is 18.2. The van der Waals surface area contributed by atoms with Crippen molar-refractivity contribution in [2.24, 2.45) is 0 Å². The molecule has 2 aliphatic heterocycles. The number of fused-ring (bicyclic) bond motifs is 1. The normalized spacial score (nSPS) is 22.2. The number of carbonyl (C=O) groups is 4. The average Bonchev–Trinajstić information content (AvgIpc) is 3.09. The SMILES string of the molecule is O=C(O)/C=C/C1=C(C(=O)O)N2C(=O)C(NC(=O)Cc3cccs3)C2SC1. The van der Waals surface area contributed by atoms with Gasteiger partial charge >= 0.3 is 11.9 Å². The molecule has 2 amide bonds. The smallest absolute Gasteiger partial charge is 0.352 e. The molecule has 3 rings (SSSR count). The van der Waals surface area contributed by atoms with Crippen LogP contribution in [0.2, 0.25) is 0 Å². The van der Waals surface area contributed by atoms with Crippen LogP contribution in [0.1, 0.15) is 4.88 Å². The van der Waals surface area contributed by atoms with Gasteiger partial charge in [0.05, 0.1) is 6.42 Å². The molecule has 3 N–H and O–H groups in total. The number of rotatable bonds is 6.